The van der Waals surface area contributed by atoms with Gasteiger partial charge in [0.25, 0.3) is 20.2 Å². The fraction of sp³-hybridized carbons (Fsp3) is 0.630. The highest BCUT2D eigenvalue weighted by atomic mass is 32.2. The van der Waals surface area contributed by atoms with Gasteiger partial charge in [-0.1, -0.05) is 43.4 Å². The number of carbonyl (C=O) groups is 1. The third kappa shape index (κ3) is 27.5. The molecule has 4 atom stereocenters. The number of rotatable bonds is 62. The van der Waals surface area contributed by atoms with Crippen LogP contribution in [-0.2, 0) is 139 Å². The Bertz CT molecular complexity index is 3550. The lowest BCUT2D eigenvalue weighted by molar-refractivity contribution is -0.109. The monoisotopic (exact) mass is 1560 g/mol. The van der Waals surface area contributed by atoms with Gasteiger partial charge in [-0.05, 0) is 89.5 Å². The van der Waals surface area contributed by atoms with Gasteiger partial charge in [0.15, 0.2) is 11.1 Å². The van der Waals surface area contributed by atoms with Crippen LogP contribution in [0.3, 0.4) is 0 Å². The van der Waals surface area contributed by atoms with Crippen LogP contribution in [0.15, 0.2) is 104 Å². The van der Waals surface area contributed by atoms with E-state index in [1.807, 2.05) is 42.5 Å². The Morgan fingerprint density at radius 2 is 0.886 bits per heavy atom. The van der Waals surface area contributed by atoms with Crippen LogP contribution < -0.4 is 9.80 Å². The van der Waals surface area contributed by atoms with E-state index in [0.717, 1.165) is 66.1 Å². The maximum Gasteiger partial charge on any atom is 0.296 e. The first-order valence-electron chi connectivity index (χ1n) is 35.1. The van der Waals surface area contributed by atoms with E-state index < -0.39 is 48.2 Å². The smallest absolute Gasteiger partial charge is 0.296 e. The minimum Gasteiger partial charge on any atom is -0.382 e. The Labute approximate surface area is 627 Å². The third-order valence-electron chi connectivity index (χ3n) is 17.4. The number of hydrogen-bond acceptors (Lipinski definition) is 29. The van der Waals surface area contributed by atoms with Crippen LogP contribution in [0.5, 0.6) is 0 Å². The molecule has 28 nitrogen and oxygen atoms in total. The van der Waals surface area contributed by atoms with Gasteiger partial charge >= 0.3 is 0 Å². The fourth-order valence-corrected chi connectivity index (χ4v) is 15.2. The van der Waals surface area contributed by atoms with E-state index in [1.54, 1.807) is 39.5 Å². The second kappa shape index (κ2) is 49.6. The molecule has 0 amide bonds. The third-order valence-corrected chi connectivity index (χ3v) is 21.6. The zero-order valence-corrected chi connectivity index (χ0v) is 65.6. The van der Waals surface area contributed by atoms with Gasteiger partial charge in [0.1, 0.15) is 6.29 Å². The Kier molecular flexibility index (Phi) is 42.2. The Hall–Kier alpha value is -4.51. The first kappa shape index (κ1) is 89.4. The molecule has 4 unspecified atom stereocenters. The Balaban J connectivity index is 1.43. The van der Waals surface area contributed by atoms with Crippen LogP contribution in [0.2, 0.25) is 0 Å². The molecular formula is C73H110N2O26S4. The summed E-state index contributed by atoms with van der Waals surface area (Å²) < 4.78 is 182. The number of fused-ring (bicyclic) bond motifs is 6. The molecule has 2 aliphatic rings. The predicted octanol–water partition coefficient (Wildman–Crippen LogP) is 7.73. The molecule has 105 heavy (non-hydrogen) atoms. The van der Waals surface area contributed by atoms with Crippen LogP contribution in [0.25, 0.3) is 21.5 Å². The summed E-state index contributed by atoms with van der Waals surface area (Å²) in [4.78, 5) is 15.5. The number of aldehydes is 1. The lowest BCUT2D eigenvalue weighted by Crippen LogP contribution is -2.44. The maximum atomic E-state index is 13.8. The molecule has 0 aliphatic carbocycles. The lowest BCUT2D eigenvalue weighted by Gasteiger charge is -2.35. The topological polar surface area (TPSA) is 294 Å². The van der Waals surface area contributed by atoms with Crippen molar-refractivity contribution in [3.8, 4) is 0 Å². The van der Waals surface area contributed by atoms with E-state index in [1.165, 1.54) is 20.3 Å². The minimum atomic E-state index is -4.33. The van der Waals surface area contributed by atoms with E-state index in [-0.39, 0.29) is 54.3 Å². The van der Waals surface area contributed by atoms with E-state index in [4.69, 9.17) is 92.5 Å². The summed E-state index contributed by atoms with van der Waals surface area (Å²) in [5.41, 5.74) is 2.42. The van der Waals surface area contributed by atoms with Crippen molar-refractivity contribution < 1.29 is 118 Å². The fourth-order valence-electron chi connectivity index (χ4n) is 12.3. The zero-order chi connectivity index (χ0) is 75.6. The van der Waals surface area contributed by atoms with Crippen LogP contribution >= 0.6 is 12.0 Å². The summed E-state index contributed by atoms with van der Waals surface area (Å²) >= 11 is -1.03. The van der Waals surface area contributed by atoms with Gasteiger partial charge in [0, 0.05) is 104 Å². The van der Waals surface area contributed by atoms with E-state index in [9.17, 15) is 25.8 Å². The number of methoxy groups -OCH3 is 3. The van der Waals surface area contributed by atoms with Gasteiger partial charge in [0.05, 0.1) is 228 Å². The molecule has 2 heterocycles. The molecule has 4 aromatic carbocycles. The van der Waals surface area contributed by atoms with Crippen molar-refractivity contribution in [2.24, 2.45) is 0 Å². The minimum absolute atomic E-state index is 0.0423. The number of benzene rings is 4. The molecule has 6 rings (SSSR count). The van der Waals surface area contributed by atoms with Crippen molar-refractivity contribution in [1.29, 1.82) is 0 Å². The first-order chi connectivity index (χ1) is 51.1. The highest BCUT2D eigenvalue weighted by Gasteiger charge is 2.48. The molecule has 0 saturated heterocycles. The lowest BCUT2D eigenvalue weighted by atomic mass is 9.74. The second-order valence-electron chi connectivity index (χ2n) is 24.1. The van der Waals surface area contributed by atoms with Crippen LogP contribution in [0.4, 0.5) is 11.4 Å². The van der Waals surface area contributed by atoms with Crippen LogP contribution in [0, 0.1) is 0 Å². The number of hydrogen-bond donors (Lipinski definition) is 0. The first-order valence-corrected chi connectivity index (χ1v) is 39.7. The molecule has 0 bridgehead atoms. The molecule has 2 aliphatic heterocycles. The SMILES string of the molecule is COCCOCCOCCOCCN1c2ccc3c(S(=O)OC)cc(S(=O)(=O)OC)cc3c2C(C)(CCOCCOCCOCCOC)C1/C=C/C=C/C=C1/N(CCOCCOCCOCCOCCC=O)c2ccc3c(SOC)cc(S(=O)(=O)OC)cc3c2C1(C)CCOCCOCCOCCOC. The van der Waals surface area contributed by atoms with Crippen molar-refractivity contribution in [1.82, 2.24) is 0 Å². The molecule has 0 fully saturated rings. The highest BCUT2D eigenvalue weighted by molar-refractivity contribution is 7.95. The van der Waals surface area contributed by atoms with Gasteiger partial charge < -0.3 is 94.6 Å². The molecule has 592 valence electrons. The van der Waals surface area contributed by atoms with E-state index >= 15 is 0 Å². The molecule has 0 saturated carbocycles. The average Bonchev–Trinajstić information content (AvgIpc) is 1.58. The van der Waals surface area contributed by atoms with Crippen molar-refractivity contribution >= 4 is 82.6 Å². The number of allylic oxidation sites excluding steroid dienone is 5. The molecule has 4 aromatic rings. The number of nitrogens with zero attached hydrogens (tertiary/aromatic N) is 2. The number of carbonyl (C=O) groups excluding carboxylic acids is 1. The highest BCUT2D eigenvalue weighted by Crippen LogP contribution is 2.55. The Morgan fingerprint density at radius 1 is 0.457 bits per heavy atom. The van der Waals surface area contributed by atoms with Crippen molar-refractivity contribution in [3.63, 3.8) is 0 Å². The maximum absolute atomic E-state index is 13.8. The van der Waals surface area contributed by atoms with Crippen molar-refractivity contribution in [2.75, 3.05) is 264 Å². The van der Waals surface area contributed by atoms with Gasteiger partial charge in [-0.3, -0.25) is 12.5 Å². The van der Waals surface area contributed by atoms with E-state index in [2.05, 4.69) is 35.8 Å². The summed E-state index contributed by atoms with van der Waals surface area (Å²) in [6.45, 7) is 15.5. The summed E-state index contributed by atoms with van der Waals surface area (Å²) in [6.07, 6.45) is 12.1. The van der Waals surface area contributed by atoms with Crippen LogP contribution in [-0.4, -0.2) is 288 Å². The quantitative estimate of drug-likeness (QED) is 0.0134. The summed E-state index contributed by atoms with van der Waals surface area (Å²) in [5.74, 6) is 0. The predicted molar refractivity (Wildman–Crippen MR) is 398 cm³/mol. The van der Waals surface area contributed by atoms with Gasteiger partial charge in [0.2, 0.25) is 0 Å². The summed E-state index contributed by atoms with van der Waals surface area (Å²) in [6, 6.07) is 13.5. The second-order valence-corrected chi connectivity index (χ2v) is 29.7. The number of anilines is 2. The summed E-state index contributed by atoms with van der Waals surface area (Å²) in [5, 5.41) is 2.50. The largest absolute Gasteiger partial charge is 0.382 e. The molecule has 0 N–H and O–H groups in total. The Morgan fingerprint density at radius 3 is 1.36 bits per heavy atom. The zero-order valence-electron chi connectivity index (χ0n) is 62.3. The van der Waals surface area contributed by atoms with Gasteiger partial charge in [-0.15, -0.1) is 0 Å². The molecular weight excluding hydrogens is 1450 g/mol. The van der Waals surface area contributed by atoms with E-state index in [0.29, 0.717) is 205 Å². The molecule has 0 aromatic heterocycles. The van der Waals surface area contributed by atoms with Crippen molar-refractivity contribution in [3.05, 3.63) is 95.7 Å². The van der Waals surface area contributed by atoms with Crippen LogP contribution in [0.1, 0.15) is 44.2 Å². The molecule has 0 radical (unpaired) electrons. The summed E-state index contributed by atoms with van der Waals surface area (Å²) in [7, 11) is 1.33. The number of ether oxygens (including phenoxy) is 16. The van der Waals surface area contributed by atoms with Gasteiger partial charge in [-0.2, -0.15) is 16.8 Å². The standard InChI is InChI=1S/C73H110N2O26S4/c1-72(20-26-90-37-42-98-49-46-94-33-30-82-3)68(74(22-28-92-40-45-101-53-52-97-41-36-89-25-13-24-76)64-18-16-60-62(70(64)72)54-58(104(78,79)87-8)56-66(60)102-85-6)14-11-10-12-15-69-73(2,21-27-91-38-43-99-50-47-95-34-31-83-4)71-63-55-59(105(80,81)88-9)57-67(103(77)86-7)61(63)17-19-65(71)75(69)23-29-93-39-44-100-51-48-96-35-32-84-5/h10-12,14-19,24,54-57,69H,13,20-23,25-53H2,1-9H3/b11-10+,15-12+,68-14+. The molecule has 0 spiro atoms. The molecule has 32 heteroatoms. The average molecular weight is 1560 g/mol. The van der Waals surface area contributed by atoms with Gasteiger partial charge in [-0.25, -0.2) is 4.21 Å². The normalized spacial score (nSPS) is 17.6. The van der Waals surface area contributed by atoms with Crippen molar-refractivity contribution in [2.45, 2.75) is 69.6 Å².